The Kier molecular flexibility index (Phi) is 1.81. The van der Waals surface area contributed by atoms with E-state index in [4.69, 9.17) is 0 Å². The summed E-state index contributed by atoms with van der Waals surface area (Å²) in [4.78, 5) is 23.3. The third-order valence-corrected chi connectivity index (χ3v) is 2.72. The van der Waals surface area contributed by atoms with Crippen molar-refractivity contribution in [2.45, 2.75) is 20.3 Å². The second kappa shape index (κ2) is 2.77. The average molecular weight is 188 g/mol. The first-order chi connectivity index (χ1) is 6.52. The molecule has 2 heteroatoms. The van der Waals surface area contributed by atoms with Gasteiger partial charge in [-0.3, -0.25) is 9.59 Å². The van der Waals surface area contributed by atoms with Gasteiger partial charge < -0.3 is 0 Å². The Morgan fingerprint density at radius 2 is 1.79 bits per heavy atom. The highest BCUT2D eigenvalue weighted by molar-refractivity contribution is 6.46. The van der Waals surface area contributed by atoms with Crippen molar-refractivity contribution in [3.63, 3.8) is 0 Å². The molecule has 1 aliphatic carbocycles. The van der Waals surface area contributed by atoms with E-state index in [-0.39, 0.29) is 11.6 Å². The maximum atomic E-state index is 11.7. The summed E-state index contributed by atoms with van der Waals surface area (Å²) in [6.45, 7) is 3.65. The number of ketones is 2. The summed E-state index contributed by atoms with van der Waals surface area (Å²) in [5.41, 5.74) is 1.03. The Labute approximate surface area is 82.9 Å². The predicted octanol–water partition coefficient (Wildman–Crippen LogP) is 2.02. The molecule has 0 bridgehead atoms. The highest BCUT2D eigenvalue weighted by atomic mass is 16.2. The van der Waals surface area contributed by atoms with Crippen molar-refractivity contribution in [2.75, 3.05) is 0 Å². The van der Waals surface area contributed by atoms with Gasteiger partial charge in [0.2, 0.25) is 11.6 Å². The number of hydrogen-bond donors (Lipinski definition) is 0. The Morgan fingerprint density at radius 1 is 1.14 bits per heavy atom. The minimum atomic E-state index is -0.536. The lowest BCUT2D eigenvalue weighted by atomic mass is 9.73. The summed E-state index contributed by atoms with van der Waals surface area (Å²) in [5.74, 6) is -0.604. The van der Waals surface area contributed by atoms with E-state index in [0.29, 0.717) is 12.0 Å². The van der Waals surface area contributed by atoms with E-state index in [0.717, 1.165) is 5.56 Å². The summed E-state index contributed by atoms with van der Waals surface area (Å²) >= 11 is 0. The molecule has 72 valence electrons. The summed E-state index contributed by atoms with van der Waals surface area (Å²) in [5, 5.41) is 0. The van der Waals surface area contributed by atoms with E-state index in [1.807, 2.05) is 26.0 Å². The Hall–Kier alpha value is -1.44. The summed E-state index contributed by atoms with van der Waals surface area (Å²) in [7, 11) is 0. The van der Waals surface area contributed by atoms with Crippen molar-refractivity contribution in [3.05, 3.63) is 35.4 Å². The molecule has 0 saturated heterocycles. The van der Waals surface area contributed by atoms with Crippen LogP contribution in [0.3, 0.4) is 0 Å². The smallest absolute Gasteiger partial charge is 0.229 e. The first-order valence-electron chi connectivity index (χ1n) is 4.69. The second-order valence-corrected chi connectivity index (χ2v) is 4.38. The van der Waals surface area contributed by atoms with E-state index in [1.54, 1.807) is 12.1 Å². The van der Waals surface area contributed by atoms with Gasteiger partial charge in [0.25, 0.3) is 0 Å². The highest BCUT2D eigenvalue weighted by Crippen LogP contribution is 2.31. The average Bonchev–Trinajstić information content (AvgIpc) is 2.14. The van der Waals surface area contributed by atoms with Crippen LogP contribution in [0.5, 0.6) is 0 Å². The van der Waals surface area contributed by atoms with Gasteiger partial charge in [-0.2, -0.15) is 0 Å². The standard InChI is InChI=1S/C12H12O2/c1-12(2)7-8-5-3-4-6-9(8)10(13)11(12)14/h3-6H,7H2,1-2H3. The van der Waals surface area contributed by atoms with Crippen molar-refractivity contribution in [3.8, 4) is 0 Å². The Bertz CT molecular complexity index is 416. The number of carbonyl (C=O) groups excluding carboxylic acids is 2. The lowest BCUT2D eigenvalue weighted by Crippen LogP contribution is -2.38. The number of rotatable bonds is 0. The molecular formula is C12H12O2. The van der Waals surface area contributed by atoms with E-state index in [2.05, 4.69) is 0 Å². The van der Waals surface area contributed by atoms with Gasteiger partial charge in [0, 0.05) is 11.0 Å². The summed E-state index contributed by atoms with van der Waals surface area (Å²) in [6.07, 6.45) is 0.660. The van der Waals surface area contributed by atoms with Crippen LogP contribution in [0.15, 0.2) is 24.3 Å². The van der Waals surface area contributed by atoms with Gasteiger partial charge in [0.15, 0.2) is 0 Å². The highest BCUT2D eigenvalue weighted by Gasteiger charge is 2.39. The van der Waals surface area contributed by atoms with Crippen molar-refractivity contribution < 1.29 is 9.59 Å². The van der Waals surface area contributed by atoms with Crippen molar-refractivity contribution in [1.82, 2.24) is 0 Å². The van der Waals surface area contributed by atoms with Gasteiger partial charge in [-0.05, 0) is 12.0 Å². The molecule has 0 spiro atoms. The van der Waals surface area contributed by atoms with Gasteiger partial charge in [-0.1, -0.05) is 38.1 Å². The van der Waals surface area contributed by atoms with Crippen LogP contribution in [0.1, 0.15) is 29.8 Å². The van der Waals surface area contributed by atoms with Gasteiger partial charge in [0.05, 0.1) is 0 Å². The van der Waals surface area contributed by atoms with Crippen LogP contribution < -0.4 is 0 Å². The molecule has 0 saturated carbocycles. The maximum absolute atomic E-state index is 11.7. The van der Waals surface area contributed by atoms with Crippen LogP contribution in [0, 0.1) is 5.41 Å². The quantitative estimate of drug-likeness (QED) is 0.584. The largest absolute Gasteiger partial charge is 0.290 e. The number of benzene rings is 1. The van der Waals surface area contributed by atoms with Gasteiger partial charge >= 0.3 is 0 Å². The SMILES string of the molecule is CC1(C)Cc2ccccc2C(=O)C1=O. The number of carbonyl (C=O) groups is 2. The fourth-order valence-electron chi connectivity index (χ4n) is 1.88. The maximum Gasteiger partial charge on any atom is 0.229 e. The first kappa shape index (κ1) is 9.13. The molecule has 0 atom stereocenters. The minimum Gasteiger partial charge on any atom is -0.290 e. The molecular weight excluding hydrogens is 176 g/mol. The fraction of sp³-hybridized carbons (Fsp3) is 0.333. The lowest BCUT2D eigenvalue weighted by Gasteiger charge is -2.28. The zero-order valence-corrected chi connectivity index (χ0v) is 8.33. The Balaban J connectivity index is 2.59. The molecule has 1 aromatic rings. The molecule has 0 aliphatic heterocycles. The molecule has 2 rings (SSSR count). The fourth-order valence-corrected chi connectivity index (χ4v) is 1.88. The zero-order valence-electron chi connectivity index (χ0n) is 8.33. The van der Waals surface area contributed by atoms with Crippen LogP contribution >= 0.6 is 0 Å². The Morgan fingerprint density at radius 3 is 2.50 bits per heavy atom. The zero-order chi connectivity index (χ0) is 10.3. The van der Waals surface area contributed by atoms with Crippen LogP contribution in [0.25, 0.3) is 0 Å². The molecule has 0 heterocycles. The normalized spacial score (nSPS) is 19.3. The number of fused-ring (bicyclic) bond motifs is 1. The van der Waals surface area contributed by atoms with E-state index in [1.165, 1.54) is 0 Å². The van der Waals surface area contributed by atoms with Crippen LogP contribution in [0.2, 0.25) is 0 Å². The topological polar surface area (TPSA) is 34.1 Å². The van der Waals surface area contributed by atoms with Crippen molar-refractivity contribution in [1.29, 1.82) is 0 Å². The monoisotopic (exact) mass is 188 g/mol. The van der Waals surface area contributed by atoms with Crippen LogP contribution in [-0.4, -0.2) is 11.6 Å². The summed E-state index contributed by atoms with van der Waals surface area (Å²) < 4.78 is 0. The minimum absolute atomic E-state index is 0.267. The number of Topliss-reactive ketones (excluding diaryl/α,β-unsaturated/α-hetero) is 2. The molecule has 0 aromatic heterocycles. The molecule has 14 heavy (non-hydrogen) atoms. The molecule has 0 amide bonds. The van der Waals surface area contributed by atoms with Gasteiger partial charge in [-0.25, -0.2) is 0 Å². The van der Waals surface area contributed by atoms with E-state index in [9.17, 15) is 9.59 Å². The van der Waals surface area contributed by atoms with Crippen molar-refractivity contribution in [2.24, 2.45) is 5.41 Å². The van der Waals surface area contributed by atoms with Gasteiger partial charge in [0.1, 0.15) is 0 Å². The third-order valence-electron chi connectivity index (χ3n) is 2.72. The van der Waals surface area contributed by atoms with Crippen LogP contribution in [-0.2, 0) is 11.2 Å². The van der Waals surface area contributed by atoms with E-state index >= 15 is 0 Å². The molecule has 1 aromatic carbocycles. The third kappa shape index (κ3) is 1.18. The first-order valence-corrected chi connectivity index (χ1v) is 4.69. The predicted molar refractivity (Wildman–Crippen MR) is 53.3 cm³/mol. The molecule has 0 N–H and O–H groups in total. The molecule has 0 radical (unpaired) electrons. The van der Waals surface area contributed by atoms with Crippen LogP contribution in [0.4, 0.5) is 0 Å². The molecule has 0 fully saturated rings. The van der Waals surface area contributed by atoms with Gasteiger partial charge in [-0.15, -0.1) is 0 Å². The van der Waals surface area contributed by atoms with Crippen molar-refractivity contribution >= 4 is 11.6 Å². The molecule has 0 unspecified atom stereocenters. The lowest BCUT2D eigenvalue weighted by molar-refractivity contribution is -0.123. The molecule has 2 nitrogen and oxygen atoms in total. The number of hydrogen-bond acceptors (Lipinski definition) is 2. The van der Waals surface area contributed by atoms with E-state index < -0.39 is 5.41 Å². The second-order valence-electron chi connectivity index (χ2n) is 4.38. The molecule has 1 aliphatic rings. The summed E-state index contributed by atoms with van der Waals surface area (Å²) in [6, 6.07) is 7.34.